The molecule has 1 unspecified atom stereocenters. The number of nitro groups is 1. The normalized spacial score (nSPS) is 24.4. The van der Waals surface area contributed by atoms with Gasteiger partial charge in [-0.05, 0) is 34.9 Å². The third-order valence-electron chi connectivity index (χ3n) is 7.55. The Morgan fingerprint density at radius 3 is 2.14 bits per heavy atom. The summed E-state index contributed by atoms with van der Waals surface area (Å²) in [4.78, 5) is 29.0. The quantitative estimate of drug-likeness (QED) is 0.244. The summed E-state index contributed by atoms with van der Waals surface area (Å²) in [5.74, 6) is -0.897. The van der Waals surface area contributed by atoms with Crippen LogP contribution in [0.15, 0.2) is 114 Å². The van der Waals surface area contributed by atoms with Crippen molar-refractivity contribution in [3.8, 4) is 0 Å². The third-order valence-corrected chi connectivity index (χ3v) is 8.08. The Kier molecular flexibility index (Phi) is 5.89. The average molecular weight is 554 g/mol. The first-order chi connectivity index (χ1) is 18.0. The molecule has 4 aromatic carbocycles. The molecule has 37 heavy (non-hydrogen) atoms. The largest absolute Gasteiger partial charge is 0.306 e. The number of nitrogens with zero attached hydrogens (tertiary/aromatic N) is 2. The minimum absolute atomic E-state index is 0.171. The number of amides is 1. The van der Waals surface area contributed by atoms with Crippen LogP contribution in [0.5, 0.6) is 0 Å². The van der Waals surface area contributed by atoms with Crippen molar-refractivity contribution in [1.29, 1.82) is 0 Å². The molecule has 1 amide bonds. The fraction of sp³-hybridized carbons (Fsp3) is 0.167. The fourth-order valence-corrected chi connectivity index (χ4v) is 6.28. The van der Waals surface area contributed by atoms with Crippen molar-refractivity contribution in [3.05, 3.63) is 146 Å². The van der Waals surface area contributed by atoms with Crippen molar-refractivity contribution in [2.45, 2.75) is 30.1 Å². The number of hydrogen-bond donors (Lipinski definition) is 1. The minimum Gasteiger partial charge on any atom is -0.306 e. The first-order valence-electron chi connectivity index (χ1n) is 12.2. The van der Waals surface area contributed by atoms with E-state index in [1.165, 1.54) is 0 Å². The van der Waals surface area contributed by atoms with Crippen LogP contribution < -0.4 is 10.2 Å². The second kappa shape index (κ2) is 9.25. The molecule has 0 aromatic heterocycles. The second-order valence-electron chi connectivity index (χ2n) is 9.54. The highest BCUT2D eigenvalue weighted by Gasteiger charge is 2.68. The maximum atomic E-state index is 14.6. The van der Waals surface area contributed by atoms with Gasteiger partial charge in [0.15, 0.2) is 0 Å². The topological polar surface area (TPSA) is 75.5 Å². The van der Waals surface area contributed by atoms with Crippen LogP contribution in [0.25, 0.3) is 0 Å². The Balaban J connectivity index is 1.57. The van der Waals surface area contributed by atoms with E-state index in [1.54, 1.807) is 4.90 Å². The van der Waals surface area contributed by atoms with Crippen LogP contribution in [0.4, 0.5) is 5.69 Å². The Morgan fingerprint density at radius 2 is 1.46 bits per heavy atom. The van der Waals surface area contributed by atoms with Crippen LogP contribution in [0, 0.1) is 10.1 Å². The molecule has 1 spiro atoms. The van der Waals surface area contributed by atoms with E-state index >= 15 is 0 Å². The SMILES string of the molecule is O=C1N(Cc2ccccc2)c2ccccc2C12N[C@@H](c1ccccc1)[C@@H]([N+](=O)[O-])[C@H]2c1ccc(Br)cc1. The van der Waals surface area contributed by atoms with Crippen molar-refractivity contribution >= 4 is 27.5 Å². The summed E-state index contributed by atoms with van der Waals surface area (Å²) < 4.78 is 0.873. The van der Waals surface area contributed by atoms with Gasteiger partial charge in [-0.25, -0.2) is 0 Å². The van der Waals surface area contributed by atoms with Gasteiger partial charge in [-0.3, -0.25) is 20.2 Å². The molecule has 0 aliphatic carbocycles. The van der Waals surface area contributed by atoms with E-state index in [9.17, 15) is 14.9 Å². The average Bonchev–Trinajstić information content (AvgIpc) is 3.40. The third kappa shape index (κ3) is 3.77. The van der Waals surface area contributed by atoms with E-state index in [0.29, 0.717) is 6.54 Å². The predicted molar refractivity (Wildman–Crippen MR) is 146 cm³/mol. The number of anilines is 1. The van der Waals surface area contributed by atoms with Crippen molar-refractivity contribution in [2.24, 2.45) is 0 Å². The second-order valence-corrected chi connectivity index (χ2v) is 10.5. The summed E-state index contributed by atoms with van der Waals surface area (Å²) in [6.07, 6.45) is 0. The van der Waals surface area contributed by atoms with E-state index in [-0.39, 0.29) is 10.8 Å². The van der Waals surface area contributed by atoms with Gasteiger partial charge < -0.3 is 4.90 Å². The number of carbonyl (C=O) groups excluding carboxylic acids is 1. The highest BCUT2D eigenvalue weighted by molar-refractivity contribution is 9.10. The van der Waals surface area contributed by atoms with Gasteiger partial charge >= 0.3 is 0 Å². The fourth-order valence-electron chi connectivity index (χ4n) is 6.01. The van der Waals surface area contributed by atoms with E-state index in [4.69, 9.17) is 0 Å². The molecule has 4 aromatic rings. The molecule has 184 valence electrons. The molecule has 0 bridgehead atoms. The molecule has 1 N–H and O–H groups in total. The zero-order valence-corrected chi connectivity index (χ0v) is 21.4. The van der Waals surface area contributed by atoms with Gasteiger partial charge in [-0.1, -0.05) is 107 Å². The first-order valence-corrected chi connectivity index (χ1v) is 13.0. The lowest BCUT2D eigenvalue weighted by Crippen LogP contribution is -2.50. The number of carbonyl (C=O) groups is 1. The summed E-state index contributed by atoms with van der Waals surface area (Å²) in [6, 6.07) is 32.7. The predicted octanol–water partition coefficient (Wildman–Crippen LogP) is 5.96. The summed E-state index contributed by atoms with van der Waals surface area (Å²) >= 11 is 3.48. The number of nitrogens with one attached hydrogen (secondary N) is 1. The lowest BCUT2D eigenvalue weighted by atomic mass is 9.74. The Bertz CT molecular complexity index is 1460. The van der Waals surface area contributed by atoms with Gasteiger partial charge in [0.25, 0.3) is 5.91 Å². The molecular weight excluding hydrogens is 530 g/mol. The van der Waals surface area contributed by atoms with Crippen LogP contribution in [-0.2, 0) is 16.9 Å². The summed E-state index contributed by atoms with van der Waals surface area (Å²) in [7, 11) is 0. The van der Waals surface area contributed by atoms with Crippen LogP contribution >= 0.6 is 15.9 Å². The molecule has 2 aliphatic heterocycles. The number of para-hydroxylation sites is 1. The Labute approximate surface area is 223 Å². The molecule has 0 saturated carbocycles. The Hall–Kier alpha value is -3.81. The molecular formula is C30H24BrN3O3. The van der Waals surface area contributed by atoms with Gasteiger partial charge in [-0.15, -0.1) is 0 Å². The summed E-state index contributed by atoms with van der Waals surface area (Å²) in [5, 5.41) is 16.4. The zero-order chi connectivity index (χ0) is 25.6. The molecule has 1 fully saturated rings. The highest BCUT2D eigenvalue weighted by Crippen LogP contribution is 2.57. The zero-order valence-electron chi connectivity index (χ0n) is 19.8. The van der Waals surface area contributed by atoms with Crippen LogP contribution in [-0.4, -0.2) is 16.9 Å². The number of rotatable bonds is 5. The lowest BCUT2D eigenvalue weighted by molar-refractivity contribution is -0.527. The number of hydrogen-bond acceptors (Lipinski definition) is 4. The van der Waals surface area contributed by atoms with Gasteiger partial charge in [0, 0.05) is 20.6 Å². The molecule has 1 saturated heterocycles. The maximum absolute atomic E-state index is 14.6. The monoisotopic (exact) mass is 553 g/mol. The molecule has 6 nitrogen and oxygen atoms in total. The maximum Gasteiger partial charge on any atom is 0.253 e. The standard InChI is InChI=1S/C30H24BrN3O3/c31-23-17-15-21(16-18-23)26-28(34(36)37)27(22-11-5-2-6-12-22)32-30(26)24-13-7-8-14-25(24)33(29(30)35)19-20-9-3-1-4-10-20/h1-18,26-28,32H,19H2/t26-,27+,28+,30?/m1/s1. The molecule has 6 rings (SSSR count). The first kappa shape index (κ1) is 23.6. The summed E-state index contributed by atoms with van der Waals surface area (Å²) in [6.45, 7) is 0.381. The lowest BCUT2D eigenvalue weighted by Gasteiger charge is -2.31. The van der Waals surface area contributed by atoms with Crippen LogP contribution in [0.3, 0.4) is 0 Å². The smallest absolute Gasteiger partial charge is 0.253 e. The van der Waals surface area contributed by atoms with E-state index in [2.05, 4.69) is 21.2 Å². The molecule has 7 heteroatoms. The molecule has 0 radical (unpaired) electrons. The van der Waals surface area contributed by atoms with Gasteiger partial charge in [0.2, 0.25) is 6.04 Å². The number of benzene rings is 4. The molecule has 2 aliphatic rings. The highest BCUT2D eigenvalue weighted by atomic mass is 79.9. The van der Waals surface area contributed by atoms with Crippen molar-refractivity contribution in [2.75, 3.05) is 4.90 Å². The van der Waals surface area contributed by atoms with Crippen LogP contribution in [0.1, 0.15) is 34.2 Å². The minimum atomic E-state index is -1.29. The number of fused-ring (bicyclic) bond motifs is 2. The van der Waals surface area contributed by atoms with Crippen LogP contribution in [0.2, 0.25) is 0 Å². The van der Waals surface area contributed by atoms with E-state index in [1.807, 2.05) is 109 Å². The van der Waals surface area contributed by atoms with Gasteiger partial charge in [0.1, 0.15) is 11.6 Å². The van der Waals surface area contributed by atoms with Crippen molar-refractivity contribution < 1.29 is 9.72 Å². The molecule has 2 heterocycles. The molecule has 4 atom stereocenters. The summed E-state index contributed by atoms with van der Waals surface area (Å²) in [5.41, 5.74) is 2.79. The van der Waals surface area contributed by atoms with E-state index < -0.39 is 23.5 Å². The van der Waals surface area contributed by atoms with E-state index in [0.717, 1.165) is 32.4 Å². The van der Waals surface area contributed by atoms with Gasteiger partial charge in [-0.2, -0.15) is 0 Å². The number of halogens is 1. The van der Waals surface area contributed by atoms with Crippen molar-refractivity contribution in [3.63, 3.8) is 0 Å². The van der Waals surface area contributed by atoms with Gasteiger partial charge in [0.05, 0.1) is 12.5 Å². The van der Waals surface area contributed by atoms with Crippen molar-refractivity contribution in [1.82, 2.24) is 5.32 Å². The Morgan fingerprint density at radius 1 is 0.838 bits per heavy atom.